The zero-order valence-electron chi connectivity index (χ0n) is 21.7. The lowest BCUT2D eigenvalue weighted by Gasteiger charge is -2.22. The van der Waals surface area contributed by atoms with Crippen LogP contribution in [0.3, 0.4) is 0 Å². The van der Waals surface area contributed by atoms with Crippen molar-refractivity contribution in [1.82, 2.24) is 5.53 Å². The van der Waals surface area contributed by atoms with E-state index in [1.165, 1.54) is 0 Å². The fourth-order valence-corrected chi connectivity index (χ4v) is 3.67. The highest BCUT2D eigenvalue weighted by atomic mass is 35.5. The van der Waals surface area contributed by atoms with E-state index in [-0.39, 0.29) is 25.6 Å². The van der Waals surface area contributed by atoms with Gasteiger partial charge in [0.1, 0.15) is 0 Å². The summed E-state index contributed by atoms with van der Waals surface area (Å²) in [6.07, 6.45) is 0. The fraction of sp³-hybridized carbons (Fsp3) is 0.214. The molecule has 1 aliphatic rings. The topological polar surface area (TPSA) is 110 Å². The van der Waals surface area contributed by atoms with Crippen molar-refractivity contribution in [2.24, 2.45) is 5.10 Å². The SMILES string of the molecule is CCOC(=O)c1ccc(C2=NN(c3ccc(C(=O)OCC)cc3)NN2c2ccc(C(=O)OCC)cc2)cc1.Cl. The molecule has 11 heteroatoms. The molecule has 3 aromatic rings. The summed E-state index contributed by atoms with van der Waals surface area (Å²) in [5.74, 6) is -0.665. The van der Waals surface area contributed by atoms with Crippen LogP contribution in [-0.4, -0.2) is 43.6 Å². The number of ether oxygens (including phenoxy) is 3. The van der Waals surface area contributed by atoms with E-state index < -0.39 is 17.9 Å². The monoisotopic (exact) mass is 552 g/mol. The molecule has 0 aliphatic carbocycles. The van der Waals surface area contributed by atoms with Crippen LogP contribution >= 0.6 is 12.4 Å². The van der Waals surface area contributed by atoms with Gasteiger partial charge in [0.15, 0.2) is 5.84 Å². The van der Waals surface area contributed by atoms with E-state index in [1.807, 2.05) is 0 Å². The van der Waals surface area contributed by atoms with Gasteiger partial charge in [-0.2, -0.15) is 5.12 Å². The zero-order valence-corrected chi connectivity index (χ0v) is 22.6. The van der Waals surface area contributed by atoms with Crippen molar-refractivity contribution in [3.63, 3.8) is 0 Å². The van der Waals surface area contributed by atoms with E-state index in [0.29, 0.717) is 40.5 Å². The minimum absolute atomic E-state index is 0. The van der Waals surface area contributed by atoms with Crippen molar-refractivity contribution in [2.45, 2.75) is 20.8 Å². The van der Waals surface area contributed by atoms with Crippen molar-refractivity contribution >= 4 is 47.5 Å². The van der Waals surface area contributed by atoms with Crippen LogP contribution in [0.4, 0.5) is 11.4 Å². The minimum atomic E-state index is -0.403. The molecule has 4 rings (SSSR count). The van der Waals surface area contributed by atoms with Gasteiger partial charge in [0.05, 0.1) is 47.9 Å². The molecule has 0 saturated heterocycles. The number of carbonyl (C=O) groups excluding carboxylic acids is 3. The molecule has 0 spiro atoms. The number of anilines is 2. The van der Waals surface area contributed by atoms with Crippen molar-refractivity contribution in [2.75, 3.05) is 29.9 Å². The molecule has 1 aliphatic heterocycles. The quantitative estimate of drug-likeness (QED) is 0.297. The number of hydrogen-bond donors (Lipinski definition) is 1. The number of rotatable bonds is 9. The van der Waals surface area contributed by atoms with Crippen LogP contribution < -0.4 is 15.7 Å². The molecule has 0 bridgehead atoms. The molecule has 0 radical (unpaired) electrons. The predicted molar refractivity (Wildman–Crippen MR) is 149 cm³/mol. The molecule has 0 saturated carbocycles. The van der Waals surface area contributed by atoms with Crippen LogP contribution in [-0.2, 0) is 14.2 Å². The summed E-state index contributed by atoms with van der Waals surface area (Å²) in [7, 11) is 0. The van der Waals surface area contributed by atoms with Crippen LogP contribution in [0.1, 0.15) is 57.4 Å². The molecule has 0 atom stereocenters. The van der Waals surface area contributed by atoms with Crippen LogP contribution in [0.2, 0.25) is 0 Å². The van der Waals surface area contributed by atoms with E-state index in [9.17, 15) is 14.4 Å². The molecule has 204 valence electrons. The average Bonchev–Trinajstić information content (AvgIpc) is 3.39. The number of carbonyl (C=O) groups is 3. The number of nitrogens with zero attached hydrogens (tertiary/aromatic N) is 3. The summed E-state index contributed by atoms with van der Waals surface area (Å²) in [6, 6.07) is 20.6. The normalized spacial score (nSPS) is 12.3. The lowest BCUT2D eigenvalue weighted by molar-refractivity contribution is 0.0516. The summed E-state index contributed by atoms with van der Waals surface area (Å²) in [5, 5.41) is 8.04. The number of hydrazone groups is 1. The van der Waals surface area contributed by atoms with Gasteiger partial charge in [0, 0.05) is 5.56 Å². The maximum atomic E-state index is 12.1. The van der Waals surface area contributed by atoms with Crippen molar-refractivity contribution in [1.29, 1.82) is 0 Å². The van der Waals surface area contributed by atoms with Crippen LogP contribution in [0.15, 0.2) is 77.9 Å². The maximum Gasteiger partial charge on any atom is 0.338 e. The first kappa shape index (κ1) is 29.2. The van der Waals surface area contributed by atoms with Gasteiger partial charge in [-0.05, 0) is 81.4 Å². The Morgan fingerprint density at radius 1 is 0.641 bits per heavy atom. The Kier molecular flexibility index (Phi) is 10.0. The first-order valence-corrected chi connectivity index (χ1v) is 12.2. The van der Waals surface area contributed by atoms with Crippen LogP contribution in [0, 0.1) is 0 Å². The number of hydrogen-bond acceptors (Lipinski definition) is 10. The van der Waals surface area contributed by atoms with Gasteiger partial charge >= 0.3 is 17.9 Å². The molecular weight excluding hydrogens is 524 g/mol. The van der Waals surface area contributed by atoms with Gasteiger partial charge in [-0.25, -0.2) is 19.4 Å². The smallest absolute Gasteiger partial charge is 0.338 e. The van der Waals surface area contributed by atoms with Gasteiger partial charge in [0.2, 0.25) is 0 Å². The Hall–Kier alpha value is -4.41. The third kappa shape index (κ3) is 6.73. The van der Waals surface area contributed by atoms with Crippen LogP contribution in [0.5, 0.6) is 0 Å². The second kappa shape index (κ2) is 13.4. The van der Waals surface area contributed by atoms with E-state index in [0.717, 1.165) is 5.56 Å². The maximum absolute atomic E-state index is 12.1. The number of hydrazine groups is 2. The van der Waals surface area contributed by atoms with E-state index in [4.69, 9.17) is 19.3 Å². The third-order valence-electron chi connectivity index (χ3n) is 5.52. The van der Waals surface area contributed by atoms with Gasteiger partial charge in [0.25, 0.3) is 0 Å². The Morgan fingerprint density at radius 3 is 1.44 bits per heavy atom. The molecule has 0 fully saturated rings. The Bertz CT molecular complexity index is 1330. The lowest BCUT2D eigenvalue weighted by Crippen LogP contribution is -2.43. The molecule has 1 N–H and O–H groups in total. The van der Waals surface area contributed by atoms with Gasteiger partial charge in [-0.3, -0.25) is 0 Å². The molecule has 39 heavy (non-hydrogen) atoms. The van der Waals surface area contributed by atoms with E-state index in [2.05, 4.69) is 5.53 Å². The standard InChI is InChI=1S/C28H28N4O6.ClH/c1-4-36-26(33)20-9-7-19(8-10-20)25-29-32(24-17-13-22(14-18-24)28(35)38-6-3)30-31(25)23-15-11-21(12-16-23)27(34)37-5-2;/h7-18,30H,4-6H2,1-3H3;1H. The van der Waals surface area contributed by atoms with E-state index in [1.54, 1.807) is 104 Å². The molecule has 0 aromatic heterocycles. The summed E-state index contributed by atoms with van der Waals surface area (Å²) in [5.41, 5.74) is 6.61. The summed E-state index contributed by atoms with van der Waals surface area (Å²) >= 11 is 0. The number of halogens is 1. The van der Waals surface area contributed by atoms with Gasteiger partial charge < -0.3 is 14.2 Å². The Morgan fingerprint density at radius 2 is 1.03 bits per heavy atom. The first-order valence-electron chi connectivity index (χ1n) is 12.2. The second-order valence-electron chi connectivity index (χ2n) is 8.00. The van der Waals surface area contributed by atoms with Crippen molar-refractivity contribution in [3.8, 4) is 0 Å². The summed E-state index contributed by atoms with van der Waals surface area (Å²) in [6.45, 7) is 6.13. The fourth-order valence-electron chi connectivity index (χ4n) is 3.67. The summed E-state index contributed by atoms with van der Waals surface area (Å²) in [4.78, 5) is 36.2. The molecular formula is C28H29ClN4O6. The lowest BCUT2D eigenvalue weighted by atomic mass is 10.1. The number of benzene rings is 3. The van der Waals surface area contributed by atoms with E-state index >= 15 is 0 Å². The second-order valence-corrected chi connectivity index (χ2v) is 8.00. The summed E-state index contributed by atoms with van der Waals surface area (Å²) < 4.78 is 15.2. The predicted octanol–water partition coefficient (Wildman–Crippen LogP) is 4.75. The molecule has 0 amide bonds. The van der Waals surface area contributed by atoms with Gasteiger partial charge in [-0.1, -0.05) is 12.1 Å². The number of nitrogens with one attached hydrogen (secondary N) is 1. The Labute approximate surface area is 232 Å². The molecule has 0 unspecified atom stereocenters. The molecule has 1 heterocycles. The highest BCUT2D eigenvalue weighted by molar-refractivity contribution is 6.11. The third-order valence-corrected chi connectivity index (χ3v) is 5.52. The average molecular weight is 553 g/mol. The highest BCUT2D eigenvalue weighted by Gasteiger charge is 2.27. The van der Waals surface area contributed by atoms with Gasteiger partial charge in [-0.15, -0.1) is 23.0 Å². The first-order chi connectivity index (χ1) is 18.4. The van der Waals surface area contributed by atoms with Crippen molar-refractivity contribution in [3.05, 3.63) is 95.1 Å². The Balaban J connectivity index is 0.00000420. The zero-order chi connectivity index (χ0) is 27.1. The molecule has 3 aromatic carbocycles. The number of esters is 3. The van der Waals surface area contributed by atoms with Crippen LogP contribution in [0.25, 0.3) is 0 Å². The van der Waals surface area contributed by atoms with Crippen molar-refractivity contribution < 1.29 is 28.6 Å². The largest absolute Gasteiger partial charge is 0.462 e. The molecule has 10 nitrogen and oxygen atoms in total. The minimum Gasteiger partial charge on any atom is -0.462 e. The number of amidine groups is 1. The highest BCUT2D eigenvalue weighted by Crippen LogP contribution is 2.25.